The lowest BCUT2D eigenvalue weighted by atomic mass is 10.1. The maximum Gasteiger partial charge on any atom is 0.0886 e. The van der Waals surface area contributed by atoms with Crippen molar-refractivity contribution < 1.29 is 4.84 Å². The quantitative estimate of drug-likeness (QED) is 0.765. The summed E-state index contributed by atoms with van der Waals surface area (Å²) in [6, 6.07) is 9.39. The van der Waals surface area contributed by atoms with E-state index in [-0.39, 0.29) is 0 Å². The second-order valence-corrected chi connectivity index (χ2v) is 4.32. The van der Waals surface area contributed by atoms with Crippen LogP contribution in [0.5, 0.6) is 0 Å². The molecule has 0 aliphatic carbocycles. The first-order chi connectivity index (χ1) is 7.24. The van der Waals surface area contributed by atoms with E-state index in [1.165, 1.54) is 11.3 Å². The Balaban J connectivity index is 2.29. The molecule has 3 nitrogen and oxygen atoms in total. The van der Waals surface area contributed by atoms with Crippen LogP contribution in [0.1, 0.15) is 19.4 Å². The first-order valence-electron chi connectivity index (χ1n) is 5.42. The fraction of sp³-hybridized carbons (Fsp3) is 0.500. The van der Waals surface area contributed by atoms with E-state index >= 15 is 0 Å². The van der Waals surface area contributed by atoms with E-state index < -0.39 is 0 Å². The van der Waals surface area contributed by atoms with Gasteiger partial charge in [-0.05, 0) is 31.9 Å². The number of benzene rings is 1. The third kappa shape index (κ3) is 1.85. The smallest absolute Gasteiger partial charge is 0.0886 e. The second kappa shape index (κ2) is 4.21. The van der Waals surface area contributed by atoms with Crippen molar-refractivity contribution in [2.75, 3.05) is 11.5 Å². The van der Waals surface area contributed by atoms with E-state index in [1.807, 2.05) is 0 Å². The first-order valence-corrected chi connectivity index (χ1v) is 5.42. The number of nitrogens with zero attached hydrogens (tertiary/aromatic N) is 1. The van der Waals surface area contributed by atoms with Gasteiger partial charge in [0, 0.05) is 11.7 Å². The predicted octanol–water partition coefficient (Wildman–Crippen LogP) is 1.72. The maximum atomic E-state index is 5.18. The molecule has 1 aromatic carbocycles. The number of hydrogen-bond donors (Lipinski definition) is 1. The second-order valence-electron chi connectivity index (χ2n) is 4.32. The van der Waals surface area contributed by atoms with Crippen LogP contribution in [-0.4, -0.2) is 18.7 Å². The van der Waals surface area contributed by atoms with Crippen molar-refractivity contribution in [3.05, 3.63) is 29.8 Å². The third-order valence-corrected chi connectivity index (χ3v) is 2.96. The number of hydrogen-bond acceptors (Lipinski definition) is 3. The molecule has 1 aliphatic rings. The summed E-state index contributed by atoms with van der Waals surface area (Å²) in [5.74, 6) is 5.18. The molecule has 1 aromatic rings. The number of rotatable bonds is 3. The fourth-order valence-corrected chi connectivity index (χ4v) is 2.43. The summed E-state index contributed by atoms with van der Waals surface area (Å²) in [4.78, 5) is 7.19. The van der Waals surface area contributed by atoms with Crippen molar-refractivity contribution in [3.8, 4) is 0 Å². The molecule has 0 spiro atoms. The SMILES string of the molecule is CC(C)N1c2ccccc2CC1CON. The molecule has 0 amide bonds. The highest BCUT2D eigenvalue weighted by atomic mass is 16.6. The molecular weight excluding hydrogens is 188 g/mol. The van der Waals surface area contributed by atoms with Gasteiger partial charge in [0.2, 0.25) is 0 Å². The predicted molar refractivity (Wildman–Crippen MR) is 61.7 cm³/mol. The molecule has 1 aliphatic heterocycles. The highest BCUT2D eigenvalue weighted by Gasteiger charge is 2.30. The Kier molecular flexibility index (Phi) is 2.93. The lowest BCUT2D eigenvalue weighted by Crippen LogP contribution is -2.41. The molecule has 0 saturated heterocycles. The molecule has 2 rings (SSSR count). The minimum absolute atomic E-state index is 0.382. The van der Waals surface area contributed by atoms with Gasteiger partial charge in [-0.25, -0.2) is 5.90 Å². The van der Waals surface area contributed by atoms with E-state index in [9.17, 15) is 0 Å². The van der Waals surface area contributed by atoms with E-state index in [2.05, 4.69) is 43.0 Å². The molecule has 0 fully saturated rings. The number of para-hydroxylation sites is 1. The van der Waals surface area contributed by atoms with Crippen LogP contribution in [0, 0.1) is 0 Å². The van der Waals surface area contributed by atoms with Crippen molar-refractivity contribution in [2.45, 2.75) is 32.4 Å². The fourth-order valence-electron chi connectivity index (χ4n) is 2.43. The van der Waals surface area contributed by atoms with Gasteiger partial charge in [-0.15, -0.1) is 0 Å². The number of nitrogens with two attached hydrogens (primary N) is 1. The Morgan fingerprint density at radius 3 is 2.87 bits per heavy atom. The van der Waals surface area contributed by atoms with E-state index in [0.29, 0.717) is 18.7 Å². The van der Waals surface area contributed by atoms with Gasteiger partial charge in [-0.1, -0.05) is 18.2 Å². The average Bonchev–Trinajstić information content (AvgIpc) is 2.56. The minimum Gasteiger partial charge on any atom is -0.363 e. The van der Waals surface area contributed by atoms with E-state index in [0.717, 1.165) is 6.42 Å². The summed E-state index contributed by atoms with van der Waals surface area (Å²) < 4.78 is 0. The summed E-state index contributed by atoms with van der Waals surface area (Å²) in [6.07, 6.45) is 1.03. The number of fused-ring (bicyclic) bond motifs is 1. The van der Waals surface area contributed by atoms with E-state index in [4.69, 9.17) is 10.7 Å². The van der Waals surface area contributed by atoms with Crippen LogP contribution in [0.25, 0.3) is 0 Å². The normalized spacial score (nSPS) is 19.7. The largest absolute Gasteiger partial charge is 0.363 e. The highest BCUT2D eigenvalue weighted by molar-refractivity contribution is 5.60. The topological polar surface area (TPSA) is 38.5 Å². The Bertz CT molecular complexity index is 338. The van der Waals surface area contributed by atoms with Gasteiger partial charge in [0.05, 0.1) is 12.6 Å². The number of anilines is 1. The summed E-state index contributed by atoms with van der Waals surface area (Å²) in [6.45, 7) is 4.99. The Morgan fingerprint density at radius 2 is 2.20 bits per heavy atom. The summed E-state index contributed by atoms with van der Waals surface area (Å²) in [5.41, 5.74) is 2.72. The molecule has 82 valence electrons. The molecule has 0 bridgehead atoms. The van der Waals surface area contributed by atoms with E-state index in [1.54, 1.807) is 0 Å². The van der Waals surface area contributed by atoms with Crippen LogP contribution in [-0.2, 0) is 11.3 Å². The van der Waals surface area contributed by atoms with Gasteiger partial charge in [-0.2, -0.15) is 0 Å². The van der Waals surface area contributed by atoms with Crippen molar-refractivity contribution in [3.63, 3.8) is 0 Å². The van der Waals surface area contributed by atoms with Gasteiger partial charge in [0.1, 0.15) is 0 Å². The van der Waals surface area contributed by atoms with Crippen LogP contribution in [0.3, 0.4) is 0 Å². The molecule has 3 heteroatoms. The van der Waals surface area contributed by atoms with Gasteiger partial charge >= 0.3 is 0 Å². The lowest BCUT2D eigenvalue weighted by molar-refractivity contribution is 0.122. The molecule has 1 heterocycles. The van der Waals surface area contributed by atoms with Gasteiger partial charge < -0.3 is 9.74 Å². The highest BCUT2D eigenvalue weighted by Crippen LogP contribution is 2.33. The molecule has 0 saturated carbocycles. The van der Waals surface area contributed by atoms with Gasteiger partial charge in [0.15, 0.2) is 0 Å². The summed E-state index contributed by atoms with van der Waals surface area (Å²) >= 11 is 0. The monoisotopic (exact) mass is 206 g/mol. The van der Waals surface area contributed by atoms with Crippen molar-refractivity contribution in [1.29, 1.82) is 0 Å². The summed E-state index contributed by atoms with van der Waals surface area (Å²) in [5, 5.41) is 0. The third-order valence-electron chi connectivity index (χ3n) is 2.96. The van der Waals surface area contributed by atoms with Crippen LogP contribution in [0.15, 0.2) is 24.3 Å². The Morgan fingerprint density at radius 1 is 1.47 bits per heavy atom. The zero-order valence-electron chi connectivity index (χ0n) is 9.31. The van der Waals surface area contributed by atoms with Crippen LogP contribution < -0.4 is 10.8 Å². The molecule has 1 unspecified atom stereocenters. The molecule has 0 aromatic heterocycles. The van der Waals surface area contributed by atoms with Gasteiger partial charge in [0.25, 0.3) is 0 Å². The van der Waals surface area contributed by atoms with Crippen molar-refractivity contribution in [1.82, 2.24) is 0 Å². The molecular formula is C12H18N2O. The molecule has 15 heavy (non-hydrogen) atoms. The Labute approximate surface area is 90.8 Å². The maximum absolute atomic E-state index is 5.18. The zero-order chi connectivity index (χ0) is 10.8. The Hall–Kier alpha value is -1.06. The summed E-state index contributed by atoms with van der Waals surface area (Å²) in [7, 11) is 0. The minimum atomic E-state index is 0.382. The lowest BCUT2D eigenvalue weighted by Gasteiger charge is -2.30. The molecule has 0 radical (unpaired) electrons. The van der Waals surface area contributed by atoms with Crippen LogP contribution in [0.4, 0.5) is 5.69 Å². The zero-order valence-corrected chi connectivity index (χ0v) is 9.31. The first kappa shape index (κ1) is 10.5. The molecule has 1 atom stereocenters. The average molecular weight is 206 g/mol. The van der Waals surface area contributed by atoms with Gasteiger partial charge in [-0.3, -0.25) is 0 Å². The van der Waals surface area contributed by atoms with Crippen LogP contribution in [0.2, 0.25) is 0 Å². The van der Waals surface area contributed by atoms with Crippen LogP contribution >= 0.6 is 0 Å². The van der Waals surface area contributed by atoms with Crippen molar-refractivity contribution in [2.24, 2.45) is 5.90 Å². The molecule has 2 N–H and O–H groups in total. The van der Waals surface area contributed by atoms with Crippen molar-refractivity contribution >= 4 is 5.69 Å². The standard InChI is InChI=1S/C12H18N2O/c1-9(2)14-11(8-15-13)7-10-5-3-4-6-12(10)14/h3-6,9,11H,7-8,13H2,1-2H3.